The van der Waals surface area contributed by atoms with E-state index < -0.39 is 10.1 Å². The van der Waals surface area contributed by atoms with Crippen molar-refractivity contribution in [1.82, 2.24) is 0 Å². The second-order valence-electron chi connectivity index (χ2n) is 2.44. The van der Waals surface area contributed by atoms with E-state index in [-0.39, 0.29) is 6.29 Å². The molecule has 0 fully saturated rings. The number of Topliss-reactive ketones (excluding diaryl/α,β-unsaturated/α-hetero) is 1. The van der Waals surface area contributed by atoms with Gasteiger partial charge < -0.3 is 0 Å². The summed E-state index contributed by atoms with van der Waals surface area (Å²) in [7, 11) is 0. The molecule has 0 bridgehead atoms. The minimum Gasteiger partial charge on any atom is -0.299 e. The zero-order valence-electron chi connectivity index (χ0n) is 6.54. The molecule has 68 valence electrons. The minimum absolute atomic E-state index is 0.214. The van der Waals surface area contributed by atoms with Crippen LogP contribution in [0.4, 0.5) is 0 Å². The number of alkyl halides is 2. The zero-order chi connectivity index (χ0) is 9.90. The van der Waals surface area contributed by atoms with Gasteiger partial charge in [0, 0.05) is 5.56 Å². The monoisotopic (exact) mass is 216 g/mol. The lowest BCUT2D eigenvalue weighted by molar-refractivity contribution is -0.107. The first kappa shape index (κ1) is 10.2. The fourth-order valence-corrected chi connectivity index (χ4v) is 1.05. The third-order valence-corrected chi connectivity index (χ3v) is 2.01. The van der Waals surface area contributed by atoms with Gasteiger partial charge in [-0.25, -0.2) is 0 Å². The van der Waals surface area contributed by atoms with Crippen LogP contribution in [0.5, 0.6) is 0 Å². The van der Waals surface area contributed by atoms with Crippen LogP contribution in [-0.2, 0) is 4.79 Å². The van der Waals surface area contributed by atoms with Crippen molar-refractivity contribution in [3.63, 3.8) is 0 Å². The van der Waals surface area contributed by atoms with Gasteiger partial charge in [-0.2, -0.15) is 0 Å². The van der Waals surface area contributed by atoms with Crippen molar-refractivity contribution < 1.29 is 9.59 Å². The molecule has 1 rings (SSSR count). The highest BCUT2D eigenvalue weighted by molar-refractivity contribution is 6.67. The summed E-state index contributed by atoms with van der Waals surface area (Å²) >= 11 is 10.9. The van der Waals surface area contributed by atoms with E-state index in [9.17, 15) is 9.59 Å². The fourth-order valence-electron chi connectivity index (χ4n) is 0.835. The van der Waals surface area contributed by atoms with Crippen LogP contribution in [0.1, 0.15) is 10.4 Å². The Balaban J connectivity index is 2.99. The highest BCUT2D eigenvalue weighted by Gasteiger charge is 2.33. The van der Waals surface area contributed by atoms with Crippen molar-refractivity contribution in [1.29, 1.82) is 0 Å². The van der Waals surface area contributed by atoms with E-state index in [0.29, 0.717) is 5.56 Å². The molecule has 0 heterocycles. The summed E-state index contributed by atoms with van der Waals surface area (Å²) in [6.45, 7) is 0. The molecule has 0 aliphatic heterocycles. The number of hydrogen-bond donors (Lipinski definition) is 0. The maximum atomic E-state index is 11.4. The SMILES string of the molecule is O=CC(Cl)(Cl)C(=O)c1ccccc1. The molecule has 4 heteroatoms. The highest BCUT2D eigenvalue weighted by atomic mass is 35.5. The van der Waals surface area contributed by atoms with E-state index in [4.69, 9.17) is 23.2 Å². The Morgan fingerprint density at radius 2 is 1.77 bits per heavy atom. The third-order valence-electron chi connectivity index (χ3n) is 1.49. The fraction of sp³-hybridized carbons (Fsp3) is 0.111. The first-order chi connectivity index (χ1) is 6.08. The number of aldehydes is 1. The first-order valence-corrected chi connectivity index (χ1v) is 4.27. The molecule has 0 aliphatic rings. The second kappa shape index (κ2) is 3.90. The lowest BCUT2D eigenvalue weighted by Gasteiger charge is -2.09. The van der Waals surface area contributed by atoms with Crippen LogP contribution in [0.25, 0.3) is 0 Å². The maximum Gasteiger partial charge on any atom is 0.234 e. The summed E-state index contributed by atoms with van der Waals surface area (Å²) in [5.41, 5.74) is 0.319. The zero-order valence-corrected chi connectivity index (χ0v) is 8.05. The van der Waals surface area contributed by atoms with Crippen LogP contribution >= 0.6 is 23.2 Å². The number of ketones is 1. The summed E-state index contributed by atoms with van der Waals surface area (Å²) < 4.78 is -1.97. The number of benzene rings is 1. The molecule has 0 radical (unpaired) electrons. The smallest absolute Gasteiger partial charge is 0.234 e. The molecule has 1 aromatic rings. The number of halogens is 2. The van der Waals surface area contributed by atoms with Gasteiger partial charge in [0.2, 0.25) is 10.1 Å². The largest absolute Gasteiger partial charge is 0.299 e. The van der Waals surface area contributed by atoms with Crippen molar-refractivity contribution in [3.05, 3.63) is 35.9 Å². The Labute approximate surface area is 85.5 Å². The summed E-state index contributed by atoms with van der Waals surface area (Å²) in [4.78, 5) is 21.8. The molecule has 0 saturated heterocycles. The minimum atomic E-state index is -1.97. The predicted molar refractivity (Wildman–Crippen MR) is 51.3 cm³/mol. The standard InChI is InChI=1S/C9H6Cl2O2/c10-9(11,6-12)8(13)7-4-2-1-3-5-7/h1-6H. The summed E-state index contributed by atoms with van der Waals surface area (Å²) in [5, 5.41) is 0. The van der Waals surface area contributed by atoms with Gasteiger partial charge in [-0.15, -0.1) is 0 Å². The average Bonchev–Trinajstić information content (AvgIpc) is 2.18. The Kier molecular flexibility index (Phi) is 3.07. The Morgan fingerprint density at radius 3 is 2.23 bits per heavy atom. The van der Waals surface area contributed by atoms with Crippen molar-refractivity contribution in [2.45, 2.75) is 4.33 Å². The molecular formula is C9H6Cl2O2. The summed E-state index contributed by atoms with van der Waals surface area (Å²) in [6, 6.07) is 8.18. The van der Waals surface area contributed by atoms with E-state index in [0.717, 1.165) is 0 Å². The summed E-state index contributed by atoms with van der Waals surface area (Å²) in [6.07, 6.45) is 0.214. The van der Waals surface area contributed by atoms with Crippen molar-refractivity contribution in [2.24, 2.45) is 0 Å². The Hall–Kier alpha value is -0.860. The number of carbonyl (C=O) groups is 2. The van der Waals surface area contributed by atoms with Gasteiger partial charge in [0.15, 0.2) is 6.29 Å². The molecule has 0 N–H and O–H groups in total. The third kappa shape index (κ3) is 2.29. The van der Waals surface area contributed by atoms with Gasteiger partial charge in [-0.1, -0.05) is 53.5 Å². The number of carbonyl (C=O) groups excluding carboxylic acids is 2. The van der Waals surface area contributed by atoms with Gasteiger partial charge in [0.05, 0.1) is 0 Å². The topological polar surface area (TPSA) is 34.1 Å². The maximum absolute atomic E-state index is 11.4. The van der Waals surface area contributed by atoms with Gasteiger partial charge in [-0.3, -0.25) is 9.59 Å². The summed E-state index contributed by atoms with van der Waals surface area (Å²) in [5.74, 6) is -0.605. The van der Waals surface area contributed by atoms with Crippen LogP contribution in [0, 0.1) is 0 Å². The van der Waals surface area contributed by atoms with Crippen LogP contribution in [0.2, 0.25) is 0 Å². The molecule has 0 amide bonds. The molecule has 0 aliphatic carbocycles. The first-order valence-electron chi connectivity index (χ1n) is 3.52. The lowest BCUT2D eigenvalue weighted by Crippen LogP contribution is -2.27. The average molecular weight is 217 g/mol. The molecule has 1 aromatic carbocycles. The van der Waals surface area contributed by atoms with Crippen molar-refractivity contribution in [3.8, 4) is 0 Å². The molecule has 2 nitrogen and oxygen atoms in total. The lowest BCUT2D eigenvalue weighted by atomic mass is 10.1. The quantitative estimate of drug-likeness (QED) is 0.336. The molecule has 0 unspecified atom stereocenters. The van der Waals surface area contributed by atoms with E-state index in [1.165, 1.54) is 0 Å². The molecule has 0 atom stereocenters. The normalized spacial score (nSPS) is 10.9. The number of rotatable bonds is 3. The van der Waals surface area contributed by atoms with E-state index in [1.807, 2.05) is 0 Å². The van der Waals surface area contributed by atoms with Gasteiger partial charge in [-0.05, 0) is 0 Å². The van der Waals surface area contributed by atoms with E-state index >= 15 is 0 Å². The van der Waals surface area contributed by atoms with Crippen molar-refractivity contribution >= 4 is 35.3 Å². The molecule has 0 spiro atoms. The van der Waals surface area contributed by atoms with E-state index in [1.54, 1.807) is 30.3 Å². The second-order valence-corrected chi connectivity index (χ2v) is 3.82. The highest BCUT2D eigenvalue weighted by Crippen LogP contribution is 2.23. The Morgan fingerprint density at radius 1 is 1.23 bits per heavy atom. The van der Waals surface area contributed by atoms with Crippen molar-refractivity contribution in [2.75, 3.05) is 0 Å². The molecular weight excluding hydrogens is 211 g/mol. The van der Waals surface area contributed by atoms with Crippen LogP contribution < -0.4 is 0 Å². The van der Waals surface area contributed by atoms with Crippen LogP contribution in [0.15, 0.2) is 30.3 Å². The molecule has 13 heavy (non-hydrogen) atoms. The number of hydrogen-bond acceptors (Lipinski definition) is 2. The van der Waals surface area contributed by atoms with Crippen LogP contribution in [0.3, 0.4) is 0 Å². The molecule has 0 aromatic heterocycles. The van der Waals surface area contributed by atoms with Gasteiger partial charge in [0.25, 0.3) is 0 Å². The molecule has 0 saturated carbocycles. The predicted octanol–water partition coefficient (Wildman–Crippen LogP) is 2.24. The Bertz CT molecular complexity index is 320. The van der Waals surface area contributed by atoms with Crippen LogP contribution in [-0.4, -0.2) is 16.4 Å². The van der Waals surface area contributed by atoms with Gasteiger partial charge in [0.1, 0.15) is 0 Å². The van der Waals surface area contributed by atoms with E-state index in [2.05, 4.69) is 0 Å². The van der Waals surface area contributed by atoms with Gasteiger partial charge >= 0.3 is 0 Å².